The number of carbonyl (C=O) groups excluding carboxylic acids is 2. The average molecular weight is 590 g/mol. The molecule has 0 rings (SSSR count). The first-order valence-corrected chi connectivity index (χ1v) is 15.0. The Labute approximate surface area is 231 Å². The van der Waals surface area contributed by atoms with E-state index in [0.717, 1.165) is 0 Å². The Morgan fingerprint density at radius 2 is 1.10 bits per heavy atom. The second-order valence-corrected chi connectivity index (χ2v) is 10.7. The summed E-state index contributed by atoms with van der Waals surface area (Å²) in [7, 11) is -1.45. The maximum Gasteiger partial charge on any atom is 0.252 e. The summed E-state index contributed by atoms with van der Waals surface area (Å²) in [5, 5.41) is 21.9. The molecule has 1 amide bonds. The molecule has 0 heterocycles. The van der Waals surface area contributed by atoms with Crippen LogP contribution in [0.15, 0.2) is 0 Å². The third kappa shape index (κ3) is 25.4. The molecule has 0 spiro atoms. The van der Waals surface area contributed by atoms with Gasteiger partial charge in [0, 0.05) is 39.5 Å². The van der Waals surface area contributed by atoms with Gasteiger partial charge in [-0.1, -0.05) is 0 Å². The first-order chi connectivity index (χ1) is 18.7. The van der Waals surface area contributed by atoms with E-state index in [0.29, 0.717) is 92.1 Å². The van der Waals surface area contributed by atoms with Crippen LogP contribution >= 0.6 is 0 Å². The number of Topliss-reactive ketones (excluding diaryl/α,β-unsaturated/α-hetero) is 1. The van der Waals surface area contributed by atoms with Crippen molar-refractivity contribution in [3.05, 3.63) is 0 Å². The van der Waals surface area contributed by atoms with Crippen LogP contribution in [0.25, 0.3) is 0 Å². The zero-order chi connectivity index (χ0) is 29.2. The van der Waals surface area contributed by atoms with Crippen molar-refractivity contribution in [1.29, 1.82) is 0 Å². The zero-order valence-electron chi connectivity index (χ0n) is 23.2. The van der Waals surface area contributed by atoms with Crippen LogP contribution in [0.3, 0.4) is 0 Å². The highest BCUT2D eigenvalue weighted by atomic mass is 32.2. The lowest BCUT2D eigenvalue weighted by molar-refractivity contribution is -0.145. The molecule has 0 saturated heterocycles. The van der Waals surface area contributed by atoms with Gasteiger partial charge < -0.3 is 48.7 Å². The minimum Gasteiger partial charge on any atom is -0.385 e. The van der Waals surface area contributed by atoms with Crippen molar-refractivity contribution in [3.8, 4) is 0 Å². The molecule has 0 aliphatic carbocycles. The van der Waals surface area contributed by atoms with Gasteiger partial charge in [-0.05, 0) is 12.8 Å². The molecule has 0 bridgehead atoms. The highest BCUT2D eigenvalue weighted by molar-refractivity contribution is 7.90. The van der Waals surface area contributed by atoms with Crippen LogP contribution in [0.2, 0.25) is 0 Å². The monoisotopic (exact) mass is 589 g/mol. The van der Waals surface area contributed by atoms with Crippen molar-refractivity contribution in [3.63, 3.8) is 0 Å². The highest BCUT2D eigenvalue weighted by Gasteiger charge is 2.29. The molecule has 2 unspecified atom stereocenters. The third-order valence-corrected chi connectivity index (χ3v) is 5.91. The molecule has 0 fully saturated rings. The van der Waals surface area contributed by atoms with Gasteiger partial charge in [0.2, 0.25) is 0 Å². The summed E-state index contributed by atoms with van der Waals surface area (Å²) in [5.74, 6) is -1.34. The van der Waals surface area contributed by atoms with Gasteiger partial charge in [-0.2, -0.15) is 0 Å². The first kappa shape index (κ1) is 37.7. The number of aliphatic hydroxyl groups excluding tert-OH is 2. The number of sulfone groups is 1. The summed E-state index contributed by atoms with van der Waals surface area (Å²) in [6.45, 7) is 4.96. The van der Waals surface area contributed by atoms with Gasteiger partial charge in [-0.15, -0.1) is 0 Å². The Bertz CT molecular complexity index is 708. The van der Waals surface area contributed by atoms with E-state index in [1.807, 2.05) is 0 Å². The molecule has 0 aromatic carbocycles. The van der Waals surface area contributed by atoms with Crippen LogP contribution in [-0.4, -0.2) is 154 Å². The second kappa shape index (κ2) is 25.7. The number of ether oxygens (including phenoxy) is 7. The van der Waals surface area contributed by atoms with E-state index in [-0.39, 0.29) is 25.3 Å². The number of nitrogens with one attached hydrogen (secondary N) is 1. The fraction of sp³-hybridized carbons (Fsp3) is 0.917. The summed E-state index contributed by atoms with van der Waals surface area (Å²) in [5.41, 5.74) is 0. The molecule has 0 aliphatic rings. The number of aliphatic hydroxyl groups is 2. The minimum absolute atomic E-state index is 0.00811. The van der Waals surface area contributed by atoms with Crippen LogP contribution < -0.4 is 5.32 Å². The fourth-order valence-corrected chi connectivity index (χ4v) is 3.48. The Morgan fingerprint density at radius 3 is 1.54 bits per heavy atom. The van der Waals surface area contributed by atoms with Crippen molar-refractivity contribution >= 4 is 21.5 Å². The zero-order valence-corrected chi connectivity index (χ0v) is 24.0. The number of hydrogen-bond acceptors (Lipinski definition) is 13. The smallest absolute Gasteiger partial charge is 0.252 e. The summed E-state index contributed by atoms with van der Waals surface area (Å²) in [4.78, 5) is 23.5. The highest BCUT2D eigenvalue weighted by Crippen LogP contribution is 2.02. The maximum atomic E-state index is 11.8. The van der Waals surface area contributed by atoms with E-state index in [9.17, 15) is 28.2 Å². The van der Waals surface area contributed by atoms with Crippen LogP contribution in [0.4, 0.5) is 0 Å². The number of hydrogen-bond donors (Lipinski definition) is 3. The quantitative estimate of drug-likeness (QED) is 0.0844. The van der Waals surface area contributed by atoms with Gasteiger partial charge in [0.25, 0.3) is 5.91 Å². The minimum atomic E-state index is -2.94. The standard InChI is InChI=1S/C24H47NO13S/c1-32-7-3-5-21(26)22(27)23(28)24(29)25-6-9-34-11-13-36-15-17-38-19-18-37-16-14-35-12-10-33-8-4-20-39(2,30)31/h22-23,27-28H,3-20H2,1-2H3,(H,25,29). The number of carbonyl (C=O) groups is 2. The van der Waals surface area contributed by atoms with E-state index in [1.54, 1.807) is 0 Å². The number of methoxy groups -OCH3 is 1. The summed E-state index contributed by atoms with van der Waals surface area (Å²) < 4.78 is 58.8. The van der Waals surface area contributed by atoms with Gasteiger partial charge in [-0.25, -0.2) is 8.42 Å². The molecule has 3 N–H and O–H groups in total. The number of amides is 1. The van der Waals surface area contributed by atoms with E-state index < -0.39 is 33.7 Å². The molecule has 15 heteroatoms. The van der Waals surface area contributed by atoms with Crippen molar-refractivity contribution in [2.45, 2.75) is 31.5 Å². The van der Waals surface area contributed by atoms with Gasteiger partial charge in [-0.3, -0.25) is 9.59 Å². The van der Waals surface area contributed by atoms with E-state index in [1.165, 1.54) is 13.4 Å². The first-order valence-electron chi connectivity index (χ1n) is 13.0. The molecular formula is C24H47NO13S. The Balaban J connectivity index is 3.37. The van der Waals surface area contributed by atoms with Gasteiger partial charge in [0.05, 0.1) is 78.4 Å². The molecule has 232 valence electrons. The fourth-order valence-electron chi connectivity index (χ4n) is 2.83. The molecule has 14 nitrogen and oxygen atoms in total. The molecule has 2 atom stereocenters. The van der Waals surface area contributed by atoms with Crippen molar-refractivity contribution in [2.75, 3.05) is 112 Å². The summed E-state index contributed by atoms with van der Waals surface area (Å²) >= 11 is 0. The molecule has 0 radical (unpaired) electrons. The second-order valence-electron chi connectivity index (χ2n) is 8.40. The molecule has 0 aromatic rings. The summed E-state index contributed by atoms with van der Waals surface area (Å²) in [6, 6.07) is 0. The topological polar surface area (TPSA) is 185 Å². The van der Waals surface area contributed by atoms with Gasteiger partial charge >= 0.3 is 0 Å². The van der Waals surface area contributed by atoms with Gasteiger partial charge in [0.1, 0.15) is 15.9 Å². The van der Waals surface area contributed by atoms with Crippen molar-refractivity contribution in [2.24, 2.45) is 0 Å². The van der Waals surface area contributed by atoms with Crippen LogP contribution in [0, 0.1) is 0 Å². The number of ketones is 1. The maximum absolute atomic E-state index is 11.8. The lowest BCUT2D eigenvalue weighted by atomic mass is 10.1. The van der Waals surface area contributed by atoms with E-state index in [2.05, 4.69) is 5.32 Å². The molecule has 0 aliphatic heterocycles. The molecule has 39 heavy (non-hydrogen) atoms. The Hall–Kier alpha value is -1.27. The van der Waals surface area contributed by atoms with E-state index >= 15 is 0 Å². The molecular weight excluding hydrogens is 542 g/mol. The predicted molar refractivity (Wildman–Crippen MR) is 140 cm³/mol. The van der Waals surface area contributed by atoms with E-state index in [4.69, 9.17) is 33.2 Å². The largest absolute Gasteiger partial charge is 0.385 e. The van der Waals surface area contributed by atoms with Crippen molar-refractivity contribution < 1.29 is 61.4 Å². The number of rotatable bonds is 29. The SMILES string of the molecule is COCCCC(=O)C(O)C(O)C(=O)NCCOCCOCCOCCOCCOCCOCCCS(C)(=O)=O. The van der Waals surface area contributed by atoms with Crippen LogP contribution in [0.1, 0.15) is 19.3 Å². The lowest BCUT2D eigenvalue weighted by Gasteiger charge is -2.16. The Morgan fingerprint density at radius 1 is 0.667 bits per heavy atom. The Kier molecular flexibility index (Phi) is 24.8. The lowest BCUT2D eigenvalue weighted by Crippen LogP contribution is -2.46. The van der Waals surface area contributed by atoms with Gasteiger partial charge in [0.15, 0.2) is 11.9 Å². The molecule has 0 aromatic heterocycles. The third-order valence-electron chi connectivity index (χ3n) is 4.88. The summed E-state index contributed by atoms with van der Waals surface area (Å²) in [6.07, 6.45) is -1.53. The average Bonchev–Trinajstić information content (AvgIpc) is 2.89. The van der Waals surface area contributed by atoms with Crippen LogP contribution in [0.5, 0.6) is 0 Å². The van der Waals surface area contributed by atoms with Crippen LogP contribution in [-0.2, 0) is 52.6 Å². The normalized spacial score (nSPS) is 13.3. The molecule has 0 saturated carbocycles. The van der Waals surface area contributed by atoms with Crippen molar-refractivity contribution in [1.82, 2.24) is 5.32 Å². The predicted octanol–water partition coefficient (Wildman–Crippen LogP) is -1.65.